The second-order valence-electron chi connectivity index (χ2n) is 5.01. The minimum Gasteiger partial charge on any atom is -0.330 e. The van der Waals surface area contributed by atoms with Crippen LogP contribution in [0.25, 0.3) is 0 Å². The van der Waals surface area contributed by atoms with Gasteiger partial charge in [0.2, 0.25) is 0 Å². The van der Waals surface area contributed by atoms with E-state index in [4.69, 9.17) is 9.92 Å². The van der Waals surface area contributed by atoms with Gasteiger partial charge in [-0.05, 0) is 12.1 Å². The quantitative estimate of drug-likeness (QED) is 0.793. The van der Waals surface area contributed by atoms with Gasteiger partial charge in [-0.1, -0.05) is 30.3 Å². The number of hydrogen-bond donors (Lipinski definition) is 1. The van der Waals surface area contributed by atoms with Gasteiger partial charge >= 0.3 is 0 Å². The van der Waals surface area contributed by atoms with E-state index in [1.165, 1.54) is 5.56 Å². The Labute approximate surface area is 114 Å². The Hall–Kier alpha value is -0.950. The molecule has 1 aromatic carbocycles. The van der Waals surface area contributed by atoms with Crippen LogP contribution in [-0.2, 0) is 20.8 Å². The molecule has 19 heavy (non-hydrogen) atoms. The molecule has 6 heteroatoms. The minimum absolute atomic E-state index is 0.0680. The molecule has 0 radical (unpaired) electrons. The molecule has 1 fully saturated rings. The van der Waals surface area contributed by atoms with Gasteiger partial charge in [0, 0.05) is 25.6 Å². The summed E-state index contributed by atoms with van der Waals surface area (Å²) in [5, 5.41) is 0. The van der Waals surface area contributed by atoms with E-state index < -0.39 is 10.1 Å². The van der Waals surface area contributed by atoms with E-state index in [1.807, 2.05) is 18.2 Å². The molecular weight excluding hydrogens is 264 g/mol. The van der Waals surface area contributed by atoms with Gasteiger partial charge in [0.25, 0.3) is 10.1 Å². The van der Waals surface area contributed by atoms with Gasteiger partial charge in [-0.25, -0.2) is 0 Å². The third kappa shape index (κ3) is 4.28. The largest absolute Gasteiger partial charge is 0.330 e. The van der Waals surface area contributed by atoms with Gasteiger partial charge in [0.1, 0.15) is 0 Å². The Bertz CT molecular complexity index is 504. The molecule has 2 rings (SSSR count). The van der Waals surface area contributed by atoms with Crippen LogP contribution >= 0.6 is 0 Å². The fourth-order valence-electron chi connectivity index (χ4n) is 2.46. The van der Waals surface area contributed by atoms with Crippen LogP contribution in [0.3, 0.4) is 0 Å². The highest BCUT2D eigenvalue weighted by Crippen LogP contribution is 2.22. The first-order chi connectivity index (χ1) is 8.98. The number of nitrogens with two attached hydrogens (primary N) is 1. The summed E-state index contributed by atoms with van der Waals surface area (Å²) in [7, 11) is -3.43. The highest BCUT2D eigenvalue weighted by Gasteiger charge is 2.34. The number of likely N-dealkylation sites (tertiary alicyclic amines) is 1. The summed E-state index contributed by atoms with van der Waals surface area (Å²) in [5.41, 5.74) is 6.90. The van der Waals surface area contributed by atoms with Crippen molar-refractivity contribution in [1.29, 1.82) is 0 Å². The Balaban J connectivity index is 1.99. The Kier molecular flexibility index (Phi) is 4.57. The summed E-state index contributed by atoms with van der Waals surface area (Å²) in [4.78, 5) is 2.18. The van der Waals surface area contributed by atoms with Crippen LogP contribution in [0.5, 0.6) is 0 Å². The molecule has 1 aliphatic rings. The van der Waals surface area contributed by atoms with Gasteiger partial charge in [-0.3, -0.25) is 9.08 Å². The maximum atomic E-state index is 11.2. The molecule has 0 unspecified atom stereocenters. The zero-order valence-corrected chi connectivity index (χ0v) is 11.8. The zero-order valence-electron chi connectivity index (χ0n) is 11.0. The van der Waals surface area contributed by atoms with Crippen LogP contribution in [-0.4, -0.2) is 45.3 Å². The molecule has 2 atom stereocenters. The first kappa shape index (κ1) is 14.5. The highest BCUT2D eigenvalue weighted by molar-refractivity contribution is 7.86. The summed E-state index contributed by atoms with van der Waals surface area (Å²) in [6.45, 7) is 2.60. The zero-order chi connectivity index (χ0) is 13.9. The van der Waals surface area contributed by atoms with Crippen LogP contribution in [0.15, 0.2) is 30.3 Å². The molecule has 0 bridgehead atoms. The molecule has 0 saturated carbocycles. The van der Waals surface area contributed by atoms with Crippen LogP contribution < -0.4 is 5.73 Å². The monoisotopic (exact) mass is 284 g/mol. The van der Waals surface area contributed by atoms with Crippen LogP contribution in [0.2, 0.25) is 0 Å². The van der Waals surface area contributed by atoms with E-state index in [9.17, 15) is 8.42 Å². The van der Waals surface area contributed by atoms with Gasteiger partial charge in [-0.2, -0.15) is 8.42 Å². The van der Waals surface area contributed by atoms with Crippen molar-refractivity contribution in [1.82, 2.24) is 4.90 Å². The van der Waals surface area contributed by atoms with E-state index in [0.29, 0.717) is 13.1 Å². The highest BCUT2D eigenvalue weighted by atomic mass is 32.2. The topological polar surface area (TPSA) is 72.6 Å². The normalized spacial score (nSPS) is 24.7. The van der Waals surface area contributed by atoms with Crippen molar-refractivity contribution in [2.45, 2.75) is 12.6 Å². The molecule has 0 spiro atoms. The van der Waals surface area contributed by atoms with E-state index in [1.54, 1.807) is 0 Å². The Morgan fingerprint density at radius 2 is 2.00 bits per heavy atom. The summed E-state index contributed by atoms with van der Waals surface area (Å²) in [6, 6.07) is 10.1. The van der Waals surface area contributed by atoms with Gasteiger partial charge in [0.05, 0.1) is 12.4 Å². The lowest BCUT2D eigenvalue weighted by atomic mass is 10.1. The molecule has 5 nitrogen and oxygen atoms in total. The Morgan fingerprint density at radius 3 is 2.58 bits per heavy atom. The number of benzene rings is 1. The molecule has 2 N–H and O–H groups in total. The molecule has 0 amide bonds. The number of rotatable bonds is 5. The molecule has 0 aromatic heterocycles. The van der Waals surface area contributed by atoms with E-state index >= 15 is 0 Å². The van der Waals surface area contributed by atoms with E-state index in [2.05, 4.69) is 17.0 Å². The fourth-order valence-corrected chi connectivity index (χ4v) is 3.12. The first-order valence-electron chi connectivity index (χ1n) is 6.32. The van der Waals surface area contributed by atoms with Crippen molar-refractivity contribution in [3.63, 3.8) is 0 Å². The maximum absolute atomic E-state index is 11.2. The number of nitrogens with zero attached hydrogens (tertiary/aromatic N) is 1. The minimum atomic E-state index is -3.43. The maximum Gasteiger partial charge on any atom is 0.264 e. The van der Waals surface area contributed by atoms with Crippen LogP contribution in [0, 0.1) is 5.92 Å². The van der Waals surface area contributed by atoms with Crippen LogP contribution in [0.4, 0.5) is 0 Å². The standard InChI is InChI=1S/C13H20N2O3S/c1-19(16,17)18-13-10-15(9-12(13)7-14)8-11-5-3-2-4-6-11/h2-6,12-13H,7-10,14H2,1H3/t12-,13-/m1/s1. The lowest BCUT2D eigenvalue weighted by molar-refractivity contribution is 0.178. The van der Waals surface area contributed by atoms with Gasteiger partial charge in [-0.15, -0.1) is 0 Å². The van der Waals surface area contributed by atoms with Crippen LogP contribution in [0.1, 0.15) is 5.56 Å². The Morgan fingerprint density at radius 1 is 1.32 bits per heavy atom. The molecule has 1 saturated heterocycles. The van der Waals surface area contributed by atoms with Crippen molar-refractivity contribution in [3.8, 4) is 0 Å². The SMILES string of the molecule is CS(=O)(=O)O[C@@H]1CN(Cc2ccccc2)C[C@H]1CN. The van der Waals surface area contributed by atoms with Crippen molar-refractivity contribution in [3.05, 3.63) is 35.9 Å². The summed E-state index contributed by atoms with van der Waals surface area (Å²) < 4.78 is 27.6. The third-order valence-electron chi connectivity index (χ3n) is 3.31. The molecule has 1 aromatic rings. The van der Waals surface area contributed by atoms with Crippen molar-refractivity contribution >= 4 is 10.1 Å². The first-order valence-corrected chi connectivity index (χ1v) is 8.14. The predicted molar refractivity (Wildman–Crippen MR) is 74.0 cm³/mol. The second-order valence-corrected chi connectivity index (χ2v) is 6.61. The molecule has 0 aliphatic carbocycles. The van der Waals surface area contributed by atoms with E-state index in [-0.39, 0.29) is 12.0 Å². The summed E-state index contributed by atoms with van der Waals surface area (Å²) in [5.74, 6) is 0.0680. The second kappa shape index (κ2) is 6.00. The molecular formula is C13H20N2O3S. The third-order valence-corrected chi connectivity index (χ3v) is 3.90. The van der Waals surface area contributed by atoms with Crippen molar-refractivity contribution in [2.75, 3.05) is 25.9 Å². The summed E-state index contributed by atoms with van der Waals surface area (Å²) in [6.07, 6.45) is 0.754. The smallest absolute Gasteiger partial charge is 0.264 e. The fraction of sp³-hybridized carbons (Fsp3) is 0.538. The lowest BCUT2D eigenvalue weighted by Crippen LogP contribution is -2.30. The average molecular weight is 284 g/mol. The molecule has 106 valence electrons. The van der Waals surface area contributed by atoms with Crippen molar-refractivity contribution in [2.24, 2.45) is 11.7 Å². The molecule has 1 aliphatic heterocycles. The average Bonchev–Trinajstić information content (AvgIpc) is 2.70. The lowest BCUT2D eigenvalue weighted by Gasteiger charge is -2.15. The number of hydrogen-bond acceptors (Lipinski definition) is 5. The van der Waals surface area contributed by atoms with Crippen molar-refractivity contribution < 1.29 is 12.6 Å². The van der Waals surface area contributed by atoms with E-state index in [0.717, 1.165) is 19.3 Å². The summed E-state index contributed by atoms with van der Waals surface area (Å²) >= 11 is 0. The van der Waals surface area contributed by atoms with Gasteiger partial charge < -0.3 is 5.73 Å². The predicted octanol–water partition coefficient (Wildman–Crippen LogP) is 0.422. The molecule has 1 heterocycles. The van der Waals surface area contributed by atoms with Gasteiger partial charge in [0.15, 0.2) is 0 Å².